The van der Waals surface area contributed by atoms with Crippen molar-refractivity contribution in [3.05, 3.63) is 48.0 Å². The molecule has 2 aromatic rings. The minimum absolute atomic E-state index is 0.342. The van der Waals surface area contributed by atoms with Crippen LogP contribution in [0.5, 0.6) is 17.2 Å². The number of rotatable bonds is 12. The van der Waals surface area contributed by atoms with Gasteiger partial charge in [-0.15, -0.1) is 0 Å². The Bertz CT molecular complexity index is 1050. The Balaban J connectivity index is 2.14. The number of sulfonamides is 1. The number of hydrogen-bond donors (Lipinski definition) is 1. The van der Waals surface area contributed by atoms with E-state index in [0.29, 0.717) is 41.7 Å². The number of benzene rings is 2. The second kappa shape index (κ2) is 12.1. The predicted octanol–water partition coefficient (Wildman–Crippen LogP) is 3.19. The lowest BCUT2D eigenvalue weighted by Gasteiger charge is -2.27. The number of nitrogens with one attached hydrogen (secondary N) is 1. The average Bonchev–Trinajstić information content (AvgIpc) is 2.78. The molecule has 9 nitrogen and oxygen atoms in total. The molecule has 0 aliphatic rings. The number of hydrogen-bond acceptors (Lipinski definition) is 7. The topological polar surface area (TPSA) is 107 Å². The molecule has 0 unspecified atom stereocenters. The van der Waals surface area contributed by atoms with Crippen molar-refractivity contribution in [3.8, 4) is 17.2 Å². The second-order valence-corrected chi connectivity index (χ2v) is 9.01. The molecule has 0 radical (unpaired) electrons. The first-order valence-corrected chi connectivity index (χ1v) is 12.4. The fourth-order valence-corrected chi connectivity index (χ4v) is 4.18. The quantitative estimate of drug-likeness (QED) is 0.372. The summed E-state index contributed by atoms with van der Waals surface area (Å²) >= 11 is 0. The van der Waals surface area contributed by atoms with Crippen LogP contribution in [0, 0.1) is 0 Å². The molecule has 0 aliphatic heterocycles. The van der Waals surface area contributed by atoms with E-state index in [1.54, 1.807) is 42.5 Å². The Labute approximate surface area is 195 Å². The molecule has 0 heterocycles. The smallest absolute Gasteiger partial charge is 0.263 e. The van der Waals surface area contributed by atoms with Crippen molar-refractivity contribution < 1.29 is 27.4 Å². The van der Waals surface area contributed by atoms with Crippen molar-refractivity contribution in [1.82, 2.24) is 5.43 Å². The summed E-state index contributed by atoms with van der Waals surface area (Å²) in [4.78, 5) is 12.7. The molecule has 0 saturated carbocycles. The van der Waals surface area contributed by atoms with Crippen LogP contribution >= 0.6 is 0 Å². The van der Waals surface area contributed by atoms with Gasteiger partial charge in [-0.1, -0.05) is 6.92 Å². The summed E-state index contributed by atoms with van der Waals surface area (Å²) in [6.07, 6.45) is 3.37. The zero-order valence-corrected chi connectivity index (χ0v) is 20.4. The highest BCUT2D eigenvalue weighted by molar-refractivity contribution is 7.92. The molecule has 0 bridgehead atoms. The molecule has 33 heavy (non-hydrogen) atoms. The molecule has 10 heteroatoms. The van der Waals surface area contributed by atoms with Crippen LogP contribution < -0.4 is 23.9 Å². The van der Waals surface area contributed by atoms with Gasteiger partial charge in [0.25, 0.3) is 5.91 Å². The SMILES string of the molecule is CCCOc1ccc(/C=N\NC(=O)[C@H](C)N(c2ccc(OC)cc2)S(C)(=O)=O)cc1OCC. The number of carbonyl (C=O) groups is 1. The highest BCUT2D eigenvalue weighted by atomic mass is 32.2. The lowest BCUT2D eigenvalue weighted by Crippen LogP contribution is -2.46. The van der Waals surface area contributed by atoms with Gasteiger partial charge in [-0.3, -0.25) is 9.10 Å². The van der Waals surface area contributed by atoms with E-state index in [-0.39, 0.29) is 0 Å². The first kappa shape index (κ1) is 26.0. The van der Waals surface area contributed by atoms with Crippen LogP contribution in [0.1, 0.15) is 32.8 Å². The maximum absolute atomic E-state index is 12.7. The summed E-state index contributed by atoms with van der Waals surface area (Å²) in [5, 5.41) is 3.98. The molecule has 0 fully saturated rings. The van der Waals surface area contributed by atoms with Gasteiger partial charge >= 0.3 is 0 Å². The normalized spacial score (nSPS) is 12.3. The fourth-order valence-electron chi connectivity index (χ4n) is 3.01. The minimum atomic E-state index is -3.73. The highest BCUT2D eigenvalue weighted by Gasteiger charge is 2.29. The van der Waals surface area contributed by atoms with Crippen molar-refractivity contribution in [3.63, 3.8) is 0 Å². The van der Waals surface area contributed by atoms with Crippen LogP contribution in [-0.4, -0.2) is 53.2 Å². The van der Waals surface area contributed by atoms with Crippen LogP contribution in [0.2, 0.25) is 0 Å². The van der Waals surface area contributed by atoms with E-state index >= 15 is 0 Å². The van der Waals surface area contributed by atoms with Gasteiger partial charge in [0.2, 0.25) is 10.0 Å². The molecular weight excluding hydrogens is 446 g/mol. The van der Waals surface area contributed by atoms with Crippen molar-refractivity contribution >= 4 is 27.8 Å². The van der Waals surface area contributed by atoms with Gasteiger partial charge in [-0.25, -0.2) is 13.8 Å². The summed E-state index contributed by atoms with van der Waals surface area (Å²) in [6, 6.07) is 10.7. The molecule has 180 valence electrons. The van der Waals surface area contributed by atoms with E-state index in [2.05, 4.69) is 10.5 Å². The first-order chi connectivity index (χ1) is 15.7. The van der Waals surface area contributed by atoms with Gasteiger partial charge in [0.15, 0.2) is 11.5 Å². The van der Waals surface area contributed by atoms with Gasteiger partial charge in [0, 0.05) is 0 Å². The Hall–Kier alpha value is -3.27. The summed E-state index contributed by atoms with van der Waals surface area (Å²) in [5.41, 5.74) is 3.43. The fraction of sp³-hybridized carbons (Fsp3) is 0.391. The summed E-state index contributed by atoms with van der Waals surface area (Å²) in [5.74, 6) is 1.21. The van der Waals surface area contributed by atoms with E-state index in [9.17, 15) is 13.2 Å². The monoisotopic (exact) mass is 477 g/mol. The van der Waals surface area contributed by atoms with E-state index in [1.165, 1.54) is 20.2 Å². The number of methoxy groups -OCH3 is 1. The maximum atomic E-state index is 12.7. The van der Waals surface area contributed by atoms with Crippen molar-refractivity contribution in [2.75, 3.05) is 30.9 Å². The Morgan fingerprint density at radius 1 is 1.12 bits per heavy atom. The zero-order valence-electron chi connectivity index (χ0n) is 19.6. The number of amides is 1. The van der Waals surface area contributed by atoms with Crippen LogP contribution in [0.25, 0.3) is 0 Å². The Morgan fingerprint density at radius 3 is 2.39 bits per heavy atom. The largest absolute Gasteiger partial charge is 0.497 e. The van der Waals surface area contributed by atoms with E-state index in [0.717, 1.165) is 17.0 Å². The number of carbonyl (C=O) groups excluding carboxylic acids is 1. The molecule has 0 spiro atoms. The number of nitrogens with zero attached hydrogens (tertiary/aromatic N) is 2. The maximum Gasteiger partial charge on any atom is 0.263 e. The van der Waals surface area contributed by atoms with E-state index in [4.69, 9.17) is 14.2 Å². The summed E-state index contributed by atoms with van der Waals surface area (Å²) in [6.45, 7) is 6.44. The summed E-state index contributed by atoms with van der Waals surface area (Å²) in [7, 11) is -2.22. The zero-order chi connectivity index (χ0) is 24.4. The van der Waals surface area contributed by atoms with Crippen molar-refractivity contribution in [2.45, 2.75) is 33.2 Å². The Morgan fingerprint density at radius 2 is 1.82 bits per heavy atom. The molecule has 0 aliphatic carbocycles. The van der Waals surface area contributed by atoms with Crippen LogP contribution in [0.4, 0.5) is 5.69 Å². The van der Waals surface area contributed by atoms with Gasteiger partial charge in [-0.05, 0) is 68.3 Å². The van der Waals surface area contributed by atoms with Crippen molar-refractivity contribution in [1.29, 1.82) is 0 Å². The number of anilines is 1. The summed E-state index contributed by atoms with van der Waals surface area (Å²) < 4.78 is 42.2. The molecule has 1 amide bonds. The number of ether oxygens (including phenoxy) is 3. The third kappa shape index (κ3) is 7.38. The minimum Gasteiger partial charge on any atom is -0.497 e. The lowest BCUT2D eigenvalue weighted by molar-refractivity contribution is -0.121. The average molecular weight is 478 g/mol. The van der Waals surface area contributed by atoms with Crippen LogP contribution in [0.3, 0.4) is 0 Å². The van der Waals surface area contributed by atoms with Crippen LogP contribution in [-0.2, 0) is 14.8 Å². The van der Waals surface area contributed by atoms with E-state index < -0.39 is 22.0 Å². The molecule has 2 rings (SSSR count). The standard InChI is InChI=1S/C23H31N3O6S/c1-6-14-32-21-13-8-18(15-22(21)31-7-2)16-24-25-23(27)17(3)26(33(5,28)29)19-9-11-20(30-4)12-10-19/h8-13,15-17H,6-7,14H2,1-5H3,(H,25,27)/b24-16-/t17-/m0/s1. The van der Waals surface area contributed by atoms with Crippen LogP contribution in [0.15, 0.2) is 47.6 Å². The molecule has 2 aromatic carbocycles. The first-order valence-electron chi connectivity index (χ1n) is 10.6. The molecule has 0 saturated heterocycles. The van der Waals surface area contributed by atoms with Gasteiger partial charge in [-0.2, -0.15) is 5.10 Å². The molecule has 0 aromatic heterocycles. The Kier molecular flexibility index (Phi) is 9.53. The molecule has 1 N–H and O–H groups in total. The second-order valence-electron chi connectivity index (χ2n) is 7.15. The molecular formula is C23H31N3O6S. The lowest BCUT2D eigenvalue weighted by atomic mass is 10.2. The van der Waals surface area contributed by atoms with Gasteiger partial charge < -0.3 is 14.2 Å². The van der Waals surface area contributed by atoms with Gasteiger partial charge in [0.1, 0.15) is 11.8 Å². The third-order valence-electron chi connectivity index (χ3n) is 4.53. The van der Waals surface area contributed by atoms with E-state index in [1.807, 2.05) is 13.8 Å². The predicted molar refractivity (Wildman–Crippen MR) is 129 cm³/mol. The molecule has 1 atom stereocenters. The van der Waals surface area contributed by atoms with Gasteiger partial charge in [0.05, 0.1) is 38.5 Å². The van der Waals surface area contributed by atoms with Crippen molar-refractivity contribution in [2.24, 2.45) is 5.10 Å². The highest BCUT2D eigenvalue weighted by Crippen LogP contribution is 2.28. The third-order valence-corrected chi connectivity index (χ3v) is 5.77. The number of hydrazone groups is 1.